The van der Waals surface area contributed by atoms with E-state index in [1.807, 2.05) is 19.9 Å². The van der Waals surface area contributed by atoms with Gasteiger partial charge in [0.05, 0.1) is 11.4 Å². The lowest BCUT2D eigenvalue weighted by molar-refractivity contribution is 0.0922. The molecule has 1 aromatic heterocycles. The van der Waals surface area contributed by atoms with Gasteiger partial charge in [0, 0.05) is 11.6 Å². The summed E-state index contributed by atoms with van der Waals surface area (Å²) in [6.45, 7) is 14.5. The highest BCUT2D eigenvalue weighted by Crippen LogP contribution is 2.26. The van der Waals surface area contributed by atoms with Gasteiger partial charge in [0.25, 0.3) is 5.91 Å². The molecule has 152 valence electrons. The second-order valence-electron chi connectivity index (χ2n) is 8.42. The summed E-state index contributed by atoms with van der Waals surface area (Å²) in [5.74, 6) is 0.255. The van der Waals surface area contributed by atoms with Crippen LogP contribution in [0.25, 0.3) is 16.9 Å². The number of aryl methyl sites for hydroxylation is 4. The molecule has 0 aliphatic heterocycles. The Labute approximate surface area is 174 Å². The maximum Gasteiger partial charge on any atom is 0.270 e. The Morgan fingerprint density at radius 2 is 1.59 bits per heavy atom. The van der Waals surface area contributed by atoms with E-state index in [4.69, 9.17) is 5.10 Å². The lowest BCUT2D eigenvalue weighted by atomic mass is 10.0. The molecule has 0 radical (unpaired) electrons. The van der Waals surface area contributed by atoms with Gasteiger partial charge in [-0.1, -0.05) is 38.1 Å². The Bertz CT molecular complexity index is 1050. The van der Waals surface area contributed by atoms with Crippen molar-refractivity contribution in [3.05, 3.63) is 70.4 Å². The van der Waals surface area contributed by atoms with E-state index in [-0.39, 0.29) is 11.9 Å². The Hall–Kier alpha value is -2.88. The summed E-state index contributed by atoms with van der Waals surface area (Å²) in [6.07, 6.45) is 0. The highest BCUT2D eigenvalue weighted by Gasteiger charge is 2.21. The van der Waals surface area contributed by atoms with Crippen LogP contribution in [0.15, 0.2) is 42.5 Å². The van der Waals surface area contributed by atoms with Gasteiger partial charge < -0.3 is 5.32 Å². The number of rotatable bonds is 5. The van der Waals surface area contributed by atoms with Gasteiger partial charge in [-0.2, -0.15) is 5.10 Å². The normalized spacial score (nSPS) is 12.3. The topological polar surface area (TPSA) is 46.9 Å². The van der Waals surface area contributed by atoms with E-state index in [1.54, 1.807) is 4.68 Å². The molecule has 1 atom stereocenters. The first-order valence-corrected chi connectivity index (χ1v) is 10.2. The summed E-state index contributed by atoms with van der Waals surface area (Å²) >= 11 is 0. The zero-order chi connectivity index (χ0) is 21.3. The molecule has 0 saturated carbocycles. The lowest BCUT2D eigenvalue weighted by Gasteiger charge is -2.18. The fourth-order valence-electron chi connectivity index (χ4n) is 3.16. The largest absolute Gasteiger partial charge is 0.348 e. The van der Waals surface area contributed by atoms with Gasteiger partial charge in [-0.25, -0.2) is 4.68 Å². The molecule has 0 fully saturated rings. The van der Waals surface area contributed by atoms with Crippen LogP contribution in [0.3, 0.4) is 0 Å². The van der Waals surface area contributed by atoms with Crippen molar-refractivity contribution in [1.82, 2.24) is 15.1 Å². The molecule has 0 aliphatic rings. The number of carbonyl (C=O) groups excluding carboxylic acids is 1. The van der Waals surface area contributed by atoms with Crippen LogP contribution in [0.4, 0.5) is 0 Å². The third-order valence-corrected chi connectivity index (χ3v) is 5.70. The van der Waals surface area contributed by atoms with Crippen LogP contribution in [0, 0.1) is 33.6 Å². The molecular formula is C25H31N3O. The van der Waals surface area contributed by atoms with Crippen LogP contribution in [0.5, 0.6) is 0 Å². The van der Waals surface area contributed by atoms with E-state index in [9.17, 15) is 4.79 Å². The molecule has 1 amide bonds. The smallest absolute Gasteiger partial charge is 0.270 e. The summed E-state index contributed by atoms with van der Waals surface area (Å²) in [5.41, 5.74) is 7.98. The van der Waals surface area contributed by atoms with Crippen LogP contribution in [0.2, 0.25) is 0 Å². The van der Waals surface area contributed by atoms with Gasteiger partial charge in [0.1, 0.15) is 5.69 Å². The van der Waals surface area contributed by atoms with Gasteiger partial charge in [-0.3, -0.25) is 4.79 Å². The van der Waals surface area contributed by atoms with E-state index < -0.39 is 0 Å². The van der Waals surface area contributed by atoms with Crippen molar-refractivity contribution in [2.24, 2.45) is 5.92 Å². The molecule has 3 rings (SSSR count). The molecule has 4 heteroatoms. The number of nitrogens with zero attached hydrogens (tertiary/aromatic N) is 2. The van der Waals surface area contributed by atoms with E-state index in [2.05, 4.69) is 76.3 Å². The van der Waals surface area contributed by atoms with Gasteiger partial charge in [0.2, 0.25) is 0 Å². The molecule has 0 spiro atoms. The average Bonchev–Trinajstić information content (AvgIpc) is 3.11. The van der Waals surface area contributed by atoms with Crippen LogP contribution in [0.1, 0.15) is 53.5 Å². The highest BCUT2D eigenvalue weighted by molar-refractivity contribution is 5.94. The predicted molar refractivity (Wildman–Crippen MR) is 120 cm³/mol. The first-order valence-electron chi connectivity index (χ1n) is 10.2. The summed E-state index contributed by atoms with van der Waals surface area (Å²) in [4.78, 5) is 13.1. The van der Waals surface area contributed by atoms with E-state index in [0.29, 0.717) is 11.6 Å². The van der Waals surface area contributed by atoms with Gasteiger partial charge in [-0.15, -0.1) is 0 Å². The number of carbonyl (C=O) groups is 1. The summed E-state index contributed by atoms with van der Waals surface area (Å²) in [7, 11) is 0. The molecule has 1 heterocycles. The van der Waals surface area contributed by atoms with E-state index in [1.165, 1.54) is 11.1 Å². The fraction of sp³-hybridized carbons (Fsp3) is 0.360. The minimum atomic E-state index is -0.102. The van der Waals surface area contributed by atoms with Gasteiger partial charge >= 0.3 is 0 Å². The molecule has 29 heavy (non-hydrogen) atoms. The molecular weight excluding hydrogens is 358 g/mol. The number of hydrogen-bond donors (Lipinski definition) is 1. The number of amides is 1. The molecule has 0 bridgehead atoms. The quantitative estimate of drug-likeness (QED) is 0.622. The Morgan fingerprint density at radius 1 is 0.897 bits per heavy atom. The third kappa shape index (κ3) is 4.42. The molecule has 4 nitrogen and oxygen atoms in total. The van der Waals surface area contributed by atoms with Gasteiger partial charge in [-0.05, 0) is 81.0 Å². The Kier molecular flexibility index (Phi) is 5.92. The lowest BCUT2D eigenvalue weighted by Crippen LogP contribution is -2.37. The molecule has 1 N–H and O–H groups in total. The molecule has 1 unspecified atom stereocenters. The Balaban J connectivity index is 2.14. The molecule has 3 aromatic rings. The Morgan fingerprint density at radius 3 is 2.24 bits per heavy atom. The van der Waals surface area contributed by atoms with Crippen molar-refractivity contribution in [1.29, 1.82) is 0 Å². The number of benzene rings is 2. The van der Waals surface area contributed by atoms with Gasteiger partial charge in [0.15, 0.2) is 0 Å². The van der Waals surface area contributed by atoms with Crippen LogP contribution < -0.4 is 5.32 Å². The summed E-state index contributed by atoms with van der Waals surface area (Å²) in [5, 5.41) is 7.98. The maximum absolute atomic E-state index is 13.1. The summed E-state index contributed by atoms with van der Waals surface area (Å²) in [6, 6.07) is 14.5. The minimum Gasteiger partial charge on any atom is -0.348 e. The van der Waals surface area contributed by atoms with Crippen LogP contribution in [-0.4, -0.2) is 21.7 Å². The molecule has 0 saturated heterocycles. The van der Waals surface area contributed by atoms with Crippen molar-refractivity contribution in [3.8, 4) is 16.9 Å². The van der Waals surface area contributed by atoms with E-state index >= 15 is 0 Å². The standard InChI is InChI=1S/C25H31N3O/c1-15(2)20(7)26-25(29)24-14-22(21-11-10-17(4)19(6)13-21)27-28(24)23-12-16(3)8-9-18(23)5/h8-15,20H,1-7H3,(H,26,29). The van der Waals surface area contributed by atoms with Crippen LogP contribution >= 0.6 is 0 Å². The zero-order valence-corrected chi connectivity index (χ0v) is 18.5. The van der Waals surface area contributed by atoms with Crippen molar-refractivity contribution in [3.63, 3.8) is 0 Å². The first-order chi connectivity index (χ1) is 13.7. The second-order valence-corrected chi connectivity index (χ2v) is 8.42. The highest BCUT2D eigenvalue weighted by atomic mass is 16.2. The maximum atomic E-state index is 13.1. The number of nitrogens with one attached hydrogen (secondary N) is 1. The van der Waals surface area contributed by atoms with Crippen LogP contribution in [-0.2, 0) is 0 Å². The minimum absolute atomic E-state index is 0.0783. The van der Waals surface area contributed by atoms with Crippen molar-refractivity contribution < 1.29 is 4.79 Å². The predicted octanol–water partition coefficient (Wildman–Crippen LogP) is 5.55. The molecule has 2 aromatic carbocycles. The van der Waals surface area contributed by atoms with E-state index in [0.717, 1.165) is 28.1 Å². The third-order valence-electron chi connectivity index (χ3n) is 5.70. The SMILES string of the molecule is Cc1ccc(C)c(-n2nc(-c3ccc(C)c(C)c3)cc2C(=O)NC(C)C(C)C)c1. The van der Waals surface area contributed by atoms with Crippen molar-refractivity contribution >= 4 is 5.91 Å². The zero-order valence-electron chi connectivity index (χ0n) is 18.5. The average molecular weight is 390 g/mol. The summed E-state index contributed by atoms with van der Waals surface area (Å²) < 4.78 is 1.79. The van der Waals surface area contributed by atoms with Crippen molar-refractivity contribution in [2.45, 2.75) is 54.5 Å². The fourth-order valence-corrected chi connectivity index (χ4v) is 3.16. The monoisotopic (exact) mass is 389 g/mol. The number of hydrogen-bond acceptors (Lipinski definition) is 2. The molecule has 0 aliphatic carbocycles. The first kappa shape index (κ1) is 20.8. The second kappa shape index (κ2) is 8.24. The number of aromatic nitrogens is 2. The van der Waals surface area contributed by atoms with Crippen molar-refractivity contribution in [2.75, 3.05) is 0 Å².